The number of benzene rings is 1. The van der Waals surface area contributed by atoms with E-state index in [9.17, 15) is 9.90 Å². The Morgan fingerprint density at radius 3 is 2.83 bits per heavy atom. The van der Waals surface area contributed by atoms with Gasteiger partial charge in [0.25, 0.3) is 0 Å². The van der Waals surface area contributed by atoms with Gasteiger partial charge in [-0.05, 0) is 32.0 Å². The number of rotatable bonds is 7. The summed E-state index contributed by atoms with van der Waals surface area (Å²) in [5, 5.41) is 12.4. The Balaban J connectivity index is 2.75. The molecule has 5 heteroatoms. The Kier molecular flexibility index (Phi) is 5.45. The van der Waals surface area contributed by atoms with Crippen molar-refractivity contribution in [3.63, 3.8) is 0 Å². The zero-order valence-electron chi connectivity index (χ0n) is 10.8. The highest BCUT2D eigenvalue weighted by Gasteiger charge is 2.08. The molecule has 0 fully saturated rings. The van der Waals surface area contributed by atoms with E-state index in [1.807, 2.05) is 26.0 Å². The first-order valence-electron chi connectivity index (χ1n) is 5.98. The van der Waals surface area contributed by atoms with Crippen LogP contribution in [0.5, 0.6) is 5.75 Å². The van der Waals surface area contributed by atoms with Crippen molar-refractivity contribution in [2.75, 3.05) is 11.9 Å². The molecule has 0 spiro atoms. The molecule has 0 bridgehead atoms. The molecule has 0 aliphatic rings. The maximum atomic E-state index is 10.8. The van der Waals surface area contributed by atoms with Gasteiger partial charge in [-0.3, -0.25) is 4.79 Å². The molecule has 4 N–H and O–H groups in total. The van der Waals surface area contributed by atoms with Gasteiger partial charge in [-0.1, -0.05) is 0 Å². The third-order valence-corrected chi connectivity index (χ3v) is 2.45. The van der Waals surface area contributed by atoms with Gasteiger partial charge >= 0.3 is 0 Å². The Hall–Kier alpha value is -1.75. The minimum atomic E-state index is -0.344. The largest absolute Gasteiger partial charge is 0.494 e. The molecule has 0 aliphatic carbocycles. The van der Waals surface area contributed by atoms with Crippen LogP contribution < -0.4 is 15.8 Å². The van der Waals surface area contributed by atoms with Crippen molar-refractivity contribution in [1.29, 1.82) is 0 Å². The maximum absolute atomic E-state index is 10.8. The van der Waals surface area contributed by atoms with E-state index in [1.165, 1.54) is 0 Å². The number of carbonyl (C=O) groups excluding carboxylic acids is 1. The lowest BCUT2D eigenvalue weighted by molar-refractivity contribution is -0.118. The molecule has 1 rings (SSSR count). The predicted octanol–water partition coefficient (Wildman–Crippen LogP) is 1.25. The molecular formula is C13H20N2O3. The average Bonchev–Trinajstić information content (AvgIpc) is 2.30. The Morgan fingerprint density at radius 1 is 1.56 bits per heavy atom. The summed E-state index contributed by atoms with van der Waals surface area (Å²) in [4.78, 5) is 10.8. The second-order valence-corrected chi connectivity index (χ2v) is 4.13. The summed E-state index contributed by atoms with van der Waals surface area (Å²) in [6.07, 6.45) is 0.266. The first-order valence-corrected chi connectivity index (χ1v) is 5.98. The molecule has 0 aliphatic heterocycles. The fourth-order valence-corrected chi connectivity index (χ4v) is 1.73. The molecule has 0 heterocycles. The average molecular weight is 252 g/mol. The highest BCUT2D eigenvalue weighted by molar-refractivity contribution is 5.74. The molecule has 100 valence electrons. The number of anilines is 1. The van der Waals surface area contributed by atoms with Crippen molar-refractivity contribution in [2.45, 2.75) is 32.9 Å². The van der Waals surface area contributed by atoms with E-state index in [1.54, 1.807) is 6.07 Å². The third-order valence-electron chi connectivity index (χ3n) is 2.45. The fraction of sp³-hybridized carbons (Fsp3) is 0.462. The summed E-state index contributed by atoms with van der Waals surface area (Å²) in [6.45, 7) is 4.23. The molecule has 0 saturated heterocycles. The third kappa shape index (κ3) is 4.25. The number of aliphatic hydroxyl groups excluding tert-OH is 1. The van der Waals surface area contributed by atoms with Crippen LogP contribution in [0.25, 0.3) is 0 Å². The van der Waals surface area contributed by atoms with Crippen LogP contribution in [0.1, 0.15) is 25.8 Å². The van der Waals surface area contributed by atoms with Crippen LogP contribution in [0.4, 0.5) is 5.69 Å². The number of nitrogens with one attached hydrogen (secondary N) is 1. The first-order chi connectivity index (χ1) is 8.56. The van der Waals surface area contributed by atoms with Gasteiger partial charge in [0.05, 0.1) is 13.2 Å². The lowest BCUT2D eigenvalue weighted by Crippen LogP contribution is -2.24. The molecule has 0 radical (unpaired) electrons. The van der Waals surface area contributed by atoms with E-state index in [0.717, 1.165) is 5.69 Å². The van der Waals surface area contributed by atoms with E-state index in [4.69, 9.17) is 10.5 Å². The molecule has 5 nitrogen and oxygen atoms in total. The summed E-state index contributed by atoms with van der Waals surface area (Å²) >= 11 is 0. The Labute approximate surface area is 107 Å². The molecule has 1 aromatic carbocycles. The summed E-state index contributed by atoms with van der Waals surface area (Å²) in [5.74, 6) is 0.330. The molecular weight excluding hydrogens is 232 g/mol. The molecule has 1 unspecified atom stereocenters. The Bertz CT molecular complexity index is 407. The number of hydrogen-bond donors (Lipinski definition) is 3. The minimum Gasteiger partial charge on any atom is -0.494 e. The summed E-state index contributed by atoms with van der Waals surface area (Å²) < 4.78 is 5.39. The molecule has 18 heavy (non-hydrogen) atoms. The van der Waals surface area contributed by atoms with Crippen LogP contribution in [-0.4, -0.2) is 23.7 Å². The number of nitrogens with two attached hydrogens (primary N) is 1. The van der Waals surface area contributed by atoms with Gasteiger partial charge in [-0.15, -0.1) is 0 Å². The Morgan fingerprint density at radius 2 is 2.28 bits per heavy atom. The highest BCUT2D eigenvalue weighted by atomic mass is 16.5. The molecule has 0 saturated carbocycles. The van der Waals surface area contributed by atoms with Crippen molar-refractivity contribution < 1.29 is 14.6 Å². The fourth-order valence-electron chi connectivity index (χ4n) is 1.73. The number of amides is 1. The van der Waals surface area contributed by atoms with Gasteiger partial charge in [0.15, 0.2) is 0 Å². The van der Waals surface area contributed by atoms with Crippen molar-refractivity contribution >= 4 is 11.6 Å². The van der Waals surface area contributed by atoms with Crippen LogP contribution in [0, 0.1) is 0 Å². The number of carbonyl (C=O) groups is 1. The SMILES string of the molecule is CCOc1ccc(NC(C)CC(N)=O)cc1CO. The van der Waals surface area contributed by atoms with Crippen LogP contribution in [0.3, 0.4) is 0 Å². The lowest BCUT2D eigenvalue weighted by atomic mass is 10.1. The maximum Gasteiger partial charge on any atom is 0.219 e. The lowest BCUT2D eigenvalue weighted by Gasteiger charge is -2.16. The monoisotopic (exact) mass is 252 g/mol. The zero-order valence-corrected chi connectivity index (χ0v) is 10.8. The van der Waals surface area contributed by atoms with Gasteiger partial charge in [-0.25, -0.2) is 0 Å². The van der Waals surface area contributed by atoms with Crippen LogP contribution in [-0.2, 0) is 11.4 Å². The van der Waals surface area contributed by atoms with Crippen molar-refractivity contribution in [3.05, 3.63) is 23.8 Å². The highest BCUT2D eigenvalue weighted by Crippen LogP contribution is 2.23. The second-order valence-electron chi connectivity index (χ2n) is 4.13. The number of hydrogen-bond acceptors (Lipinski definition) is 4. The zero-order chi connectivity index (χ0) is 13.5. The molecule has 1 atom stereocenters. The normalized spacial score (nSPS) is 11.9. The quantitative estimate of drug-likeness (QED) is 0.682. The molecule has 0 aromatic heterocycles. The standard InChI is InChI=1S/C13H20N2O3/c1-3-18-12-5-4-11(7-10(12)8-16)15-9(2)6-13(14)17/h4-5,7,9,15-16H,3,6,8H2,1-2H3,(H2,14,17). The summed E-state index contributed by atoms with van der Waals surface area (Å²) in [6, 6.07) is 5.41. The van der Waals surface area contributed by atoms with Crippen LogP contribution >= 0.6 is 0 Å². The van der Waals surface area contributed by atoms with Crippen molar-refractivity contribution in [1.82, 2.24) is 0 Å². The van der Waals surface area contributed by atoms with Crippen LogP contribution in [0.2, 0.25) is 0 Å². The predicted molar refractivity (Wildman–Crippen MR) is 70.4 cm³/mol. The second kappa shape index (κ2) is 6.86. The summed E-state index contributed by atoms with van der Waals surface area (Å²) in [7, 11) is 0. The van der Waals surface area contributed by atoms with Crippen molar-refractivity contribution in [3.8, 4) is 5.75 Å². The minimum absolute atomic E-state index is 0.0491. The van der Waals surface area contributed by atoms with E-state index in [0.29, 0.717) is 17.9 Å². The molecule has 1 amide bonds. The van der Waals surface area contributed by atoms with E-state index in [-0.39, 0.29) is 25.0 Å². The first kappa shape index (κ1) is 14.3. The van der Waals surface area contributed by atoms with E-state index in [2.05, 4.69) is 5.32 Å². The van der Waals surface area contributed by atoms with Gasteiger partial charge in [-0.2, -0.15) is 0 Å². The number of aliphatic hydroxyl groups is 1. The van der Waals surface area contributed by atoms with Gasteiger partial charge in [0.1, 0.15) is 5.75 Å². The number of ether oxygens (including phenoxy) is 1. The van der Waals surface area contributed by atoms with Gasteiger partial charge < -0.3 is 20.9 Å². The van der Waals surface area contributed by atoms with Gasteiger partial charge in [0, 0.05) is 23.7 Å². The van der Waals surface area contributed by atoms with Gasteiger partial charge in [0.2, 0.25) is 5.91 Å². The number of primary amides is 1. The summed E-state index contributed by atoms with van der Waals surface area (Å²) in [5.41, 5.74) is 6.67. The van der Waals surface area contributed by atoms with Crippen molar-refractivity contribution in [2.24, 2.45) is 5.73 Å². The smallest absolute Gasteiger partial charge is 0.219 e. The topological polar surface area (TPSA) is 84.6 Å². The van der Waals surface area contributed by atoms with E-state index >= 15 is 0 Å². The van der Waals surface area contributed by atoms with Crippen LogP contribution in [0.15, 0.2) is 18.2 Å². The van der Waals surface area contributed by atoms with E-state index < -0.39 is 0 Å². The molecule has 1 aromatic rings.